The summed E-state index contributed by atoms with van der Waals surface area (Å²) in [5.41, 5.74) is 0.669. The van der Waals surface area contributed by atoms with Gasteiger partial charge in [0.25, 0.3) is 0 Å². The first kappa shape index (κ1) is 61.7. The van der Waals surface area contributed by atoms with Crippen LogP contribution in [0, 0.1) is 5.92 Å². The number of ketones is 3. The molecule has 396 valence electrons. The fraction of sp³-hybridized carbons (Fsp3) is 0.688. The predicted molar refractivity (Wildman–Crippen MR) is 266 cm³/mol. The summed E-state index contributed by atoms with van der Waals surface area (Å²) in [6, 6.07) is 5.32. The van der Waals surface area contributed by atoms with Gasteiger partial charge in [0.2, 0.25) is 17.7 Å². The number of carboxylic acids is 2. The molecule has 0 aliphatic rings. The molecule has 0 saturated carbocycles. The Morgan fingerprint density at radius 1 is 0.657 bits per heavy atom. The van der Waals surface area contributed by atoms with Gasteiger partial charge in [0.1, 0.15) is 45.0 Å². The van der Waals surface area contributed by atoms with E-state index in [1.165, 1.54) is 6.92 Å². The van der Waals surface area contributed by atoms with E-state index in [9.17, 15) is 53.4 Å². The van der Waals surface area contributed by atoms with Crippen LogP contribution in [0.15, 0.2) is 24.3 Å². The van der Waals surface area contributed by atoms with Gasteiger partial charge in [-0.3, -0.25) is 38.6 Å². The third-order valence-corrected chi connectivity index (χ3v) is 11.9. The molecule has 0 heterocycles. The molecule has 1 aromatic carbocycles. The first-order valence-electron chi connectivity index (χ1n) is 24.5. The Labute approximate surface area is 419 Å². The van der Waals surface area contributed by atoms with Crippen LogP contribution >= 0.6 is 21.2 Å². The lowest BCUT2D eigenvalue weighted by Crippen LogP contribution is -2.42. The van der Waals surface area contributed by atoms with Crippen molar-refractivity contribution in [2.24, 2.45) is 5.92 Å². The lowest BCUT2D eigenvalue weighted by molar-refractivity contribution is -0.144. The molecule has 0 saturated heterocycles. The van der Waals surface area contributed by atoms with E-state index in [0.29, 0.717) is 31.4 Å². The molecule has 0 fully saturated rings. The number of ether oxygens (including phenoxy) is 5. The van der Waals surface area contributed by atoms with Crippen LogP contribution in [0.2, 0.25) is 0 Å². The Morgan fingerprint density at radius 3 is 1.86 bits per heavy atom. The third kappa shape index (κ3) is 35.7. The Hall–Kier alpha value is -4.37. The fourth-order valence-electron chi connectivity index (χ4n) is 6.53. The van der Waals surface area contributed by atoms with E-state index in [1.54, 1.807) is 12.1 Å². The van der Waals surface area contributed by atoms with Crippen LogP contribution < -0.4 is 25.8 Å². The number of rotatable bonds is 48. The van der Waals surface area contributed by atoms with Crippen LogP contribution in [0.25, 0.3) is 0 Å². The van der Waals surface area contributed by atoms with Crippen molar-refractivity contribution >= 4 is 74.4 Å². The zero-order valence-electron chi connectivity index (χ0n) is 41.6. The number of thioether (sulfide) groups is 1. The maximum atomic E-state index is 12.5. The average molecular weight is 1030 g/mol. The summed E-state index contributed by atoms with van der Waals surface area (Å²) in [6.45, 7) is 2.56. The molecule has 0 aliphatic heterocycles. The summed E-state index contributed by atoms with van der Waals surface area (Å²) in [5, 5.41) is 29.4. The van der Waals surface area contributed by atoms with Gasteiger partial charge in [-0.25, -0.2) is 4.79 Å². The van der Waals surface area contributed by atoms with E-state index >= 15 is 0 Å². The molecule has 0 radical (unpaired) electrons. The van der Waals surface area contributed by atoms with Crippen molar-refractivity contribution in [2.75, 3.05) is 84.1 Å². The van der Waals surface area contributed by atoms with E-state index in [1.807, 2.05) is 12.1 Å². The van der Waals surface area contributed by atoms with Crippen LogP contribution in [0.4, 0.5) is 0 Å². The minimum Gasteiger partial charge on any atom is -0.494 e. The van der Waals surface area contributed by atoms with E-state index < -0.39 is 42.1 Å². The van der Waals surface area contributed by atoms with Crippen LogP contribution in [-0.2, 0) is 57.3 Å². The summed E-state index contributed by atoms with van der Waals surface area (Å²) in [4.78, 5) is 107. The number of Topliss-reactive ketones (excluding diaryl/α,β-unsaturated/α-hetero) is 3. The number of carbonyl (C=O) groups excluding carboxylic acids is 7. The standard InChI is InChI=1S/C48H77N4O16PS/c1-36(54)37-15-18-42(19-16-37)68-23-12-8-6-4-2-3-5-7-9-13-40(55)29-38(47(60)61)17-20-44(57)50-22-24-64-25-26-65-31-41(56)32-66-27-28-67-33-45(58)49-21-11-10-14-43(48(62)63)51-46(59)35-70-34-39(30-53)52-69/h15-16,18-19,30,38-39,43,52H,2-14,17,20-29,31-35,69H2,1H3,(H,49,58)(H,50,57)(H,51,59)(H,60,61)(H,62,63)/t38-,39-,43+/m1/s1/i30T. The Morgan fingerprint density at radius 2 is 1.26 bits per heavy atom. The van der Waals surface area contributed by atoms with E-state index in [0.717, 1.165) is 75.3 Å². The van der Waals surface area contributed by atoms with Crippen molar-refractivity contribution in [3.05, 3.63) is 29.8 Å². The van der Waals surface area contributed by atoms with Crippen molar-refractivity contribution in [3.63, 3.8) is 0 Å². The molecule has 0 spiro atoms. The smallest absolute Gasteiger partial charge is 0.326 e. The molecule has 1 rings (SSSR count). The van der Waals surface area contributed by atoms with Crippen molar-refractivity contribution < 1.29 is 78.4 Å². The molecule has 20 nitrogen and oxygen atoms in total. The normalized spacial score (nSPS) is 12.5. The SMILES string of the molecule is [3H]C(=O)[C@H](CSCC(=O)N[C@@H](CCCCNC(=O)COCCOCC(=O)COCCOCCNC(=O)CC[C@H](CC(=O)CCCCCCCCCCCOc1ccc(C(C)=O)cc1)C(=O)O)C(=O)O)NP. The summed E-state index contributed by atoms with van der Waals surface area (Å²) in [7, 11) is 2.14. The largest absolute Gasteiger partial charge is 0.494 e. The number of hydrogen-bond acceptors (Lipinski definition) is 16. The quantitative estimate of drug-likeness (QED) is 0.0234. The zero-order valence-corrected chi connectivity index (χ0v) is 42.6. The van der Waals surface area contributed by atoms with Crippen LogP contribution in [0.3, 0.4) is 0 Å². The van der Waals surface area contributed by atoms with Crippen molar-refractivity contribution in [3.8, 4) is 5.75 Å². The first-order valence-corrected chi connectivity index (χ1v) is 25.8. The molecule has 1 aromatic rings. The predicted octanol–water partition coefficient (Wildman–Crippen LogP) is 3.90. The van der Waals surface area contributed by atoms with E-state index in [-0.39, 0.29) is 132 Å². The van der Waals surface area contributed by atoms with Gasteiger partial charge in [-0.15, -0.1) is 11.8 Å². The highest BCUT2D eigenvalue weighted by atomic mass is 32.2. The lowest BCUT2D eigenvalue weighted by Gasteiger charge is -2.15. The Balaban J connectivity index is 1.97. The molecule has 3 amide bonds. The summed E-state index contributed by atoms with van der Waals surface area (Å²) >= 11 is 1.10. The molecule has 6 N–H and O–H groups in total. The highest BCUT2D eigenvalue weighted by Crippen LogP contribution is 2.17. The second-order valence-corrected chi connectivity index (χ2v) is 17.9. The van der Waals surface area contributed by atoms with Crippen LogP contribution in [0.1, 0.15) is 121 Å². The minimum atomic E-state index is -1.19. The topological polar surface area (TPSA) is 288 Å². The number of benzene rings is 1. The highest BCUT2D eigenvalue weighted by Gasteiger charge is 2.22. The Bertz CT molecular complexity index is 1750. The molecule has 0 bridgehead atoms. The molecular weight excluding hydrogens is 952 g/mol. The summed E-state index contributed by atoms with van der Waals surface area (Å²) in [5.74, 6) is -3.96. The second-order valence-electron chi connectivity index (χ2n) is 16.5. The Kier molecular flexibility index (Phi) is 37.3. The number of nitrogens with one attached hydrogen (secondary N) is 4. The highest BCUT2D eigenvalue weighted by molar-refractivity contribution is 8.00. The lowest BCUT2D eigenvalue weighted by atomic mass is 9.94. The van der Waals surface area contributed by atoms with Crippen LogP contribution in [-0.4, -0.2) is 160 Å². The number of carbonyl (C=O) groups is 9. The van der Waals surface area contributed by atoms with Gasteiger partial charge in [0.05, 0.1) is 57.4 Å². The molecule has 1 unspecified atom stereocenters. The maximum absolute atomic E-state index is 12.5. The number of aliphatic carboxylic acids is 2. The van der Waals surface area contributed by atoms with Gasteiger partial charge in [0, 0.05) is 43.7 Å². The van der Waals surface area contributed by atoms with Crippen molar-refractivity contribution in [2.45, 2.75) is 122 Å². The monoisotopic (exact) mass is 1030 g/mol. The molecule has 70 heavy (non-hydrogen) atoms. The number of amides is 3. The first-order chi connectivity index (χ1) is 34.1. The number of carboxylic acid groups (broad SMARTS) is 2. The van der Waals surface area contributed by atoms with Gasteiger partial charge >= 0.3 is 11.9 Å². The van der Waals surface area contributed by atoms with Crippen LogP contribution in [0.5, 0.6) is 5.75 Å². The zero-order chi connectivity index (χ0) is 52.5. The molecule has 22 heteroatoms. The van der Waals surface area contributed by atoms with Crippen molar-refractivity contribution in [1.29, 1.82) is 0 Å². The minimum absolute atomic E-state index is 0.0314. The molecule has 0 aliphatic carbocycles. The maximum Gasteiger partial charge on any atom is 0.326 e. The van der Waals surface area contributed by atoms with Gasteiger partial charge in [-0.2, -0.15) is 0 Å². The average Bonchev–Trinajstić information content (AvgIpc) is 3.33. The number of unbranched alkanes of at least 4 members (excludes halogenated alkanes) is 9. The van der Waals surface area contributed by atoms with Gasteiger partial charge < -0.3 is 54.6 Å². The second kappa shape index (κ2) is 42.3. The molecular formula is C48H77N4O16PS. The van der Waals surface area contributed by atoms with Crippen molar-refractivity contribution in [1.82, 2.24) is 21.0 Å². The van der Waals surface area contributed by atoms with Gasteiger partial charge in [-0.05, 0) is 69.7 Å². The van der Waals surface area contributed by atoms with E-state index in [4.69, 9.17) is 25.1 Å². The van der Waals surface area contributed by atoms with Gasteiger partial charge in [-0.1, -0.05) is 54.3 Å². The molecule has 0 aromatic heterocycles. The van der Waals surface area contributed by atoms with Gasteiger partial charge in [0.15, 0.2) is 11.6 Å². The third-order valence-electron chi connectivity index (χ3n) is 10.5. The number of hydrogen-bond donors (Lipinski definition) is 6. The summed E-state index contributed by atoms with van der Waals surface area (Å²) < 4.78 is 34.0. The fourth-order valence-corrected chi connectivity index (χ4v) is 7.67. The van der Waals surface area contributed by atoms with E-state index in [2.05, 4.69) is 30.4 Å². The molecule has 4 atom stereocenters. The summed E-state index contributed by atoms with van der Waals surface area (Å²) in [6.07, 6.45) is 9.64. The number of aldehydes is 1.